The van der Waals surface area contributed by atoms with Crippen LogP contribution in [0.25, 0.3) is 5.69 Å². The molecule has 2 heterocycles. The Morgan fingerprint density at radius 2 is 1.92 bits per heavy atom. The second-order valence-electron chi connectivity index (χ2n) is 2.13. The van der Waals surface area contributed by atoms with E-state index in [0.29, 0.717) is 11.6 Å². The average Bonchev–Trinajstić information content (AvgIpc) is 2.53. The first-order chi connectivity index (χ1) is 5.88. The molecule has 0 fully saturated rings. The number of hydrogen-bond acceptors (Lipinski definition) is 5. The van der Waals surface area contributed by atoms with Crippen molar-refractivity contribution in [1.29, 1.82) is 0 Å². The number of nitrogen functional groups attached to an aromatic ring is 1. The van der Waals surface area contributed by atoms with Gasteiger partial charge in [0.15, 0.2) is 0 Å². The minimum atomic E-state index is 0.324. The monoisotopic (exact) mass is 162 g/mol. The minimum absolute atomic E-state index is 0.324. The van der Waals surface area contributed by atoms with Gasteiger partial charge in [0, 0.05) is 0 Å². The van der Waals surface area contributed by atoms with Crippen molar-refractivity contribution in [2.24, 2.45) is 0 Å². The van der Waals surface area contributed by atoms with E-state index in [1.807, 2.05) is 0 Å². The Labute approximate surface area is 68.1 Å². The minimum Gasteiger partial charge on any atom is -0.368 e. The van der Waals surface area contributed by atoms with E-state index in [0.717, 1.165) is 0 Å². The molecular weight excluding hydrogens is 156 g/mol. The Bertz CT molecular complexity index is 367. The topological polar surface area (TPSA) is 82.5 Å². The highest BCUT2D eigenvalue weighted by atomic mass is 15.4. The van der Waals surface area contributed by atoms with Gasteiger partial charge in [-0.3, -0.25) is 0 Å². The molecule has 0 saturated carbocycles. The lowest BCUT2D eigenvalue weighted by Crippen LogP contribution is -2.02. The smallest absolute Gasteiger partial charge is 0.223 e. The van der Waals surface area contributed by atoms with Crippen LogP contribution in [0, 0.1) is 0 Å². The molecule has 0 aliphatic rings. The molecule has 0 aliphatic carbocycles. The van der Waals surface area contributed by atoms with Crippen molar-refractivity contribution in [3.63, 3.8) is 0 Å². The van der Waals surface area contributed by atoms with Crippen LogP contribution in [0.1, 0.15) is 0 Å². The Hall–Kier alpha value is -1.98. The lowest BCUT2D eigenvalue weighted by atomic mass is 10.5. The molecule has 2 rings (SSSR count). The second-order valence-corrected chi connectivity index (χ2v) is 2.13. The van der Waals surface area contributed by atoms with Crippen LogP contribution in [0.2, 0.25) is 0 Å². The maximum Gasteiger partial charge on any atom is 0.223 e. The van der Waals surface area contributed by atoms with Crippen molar-refractivity contribution < 1.29 is 0 Å². The molecule has 2 N–H and O–H groups in total. The summed E-state index contributed by atoms with van der Waals surface area (Å²) in [4.78, 5) is 11.4. The fraction of sp³-hybridized carbons (Fsp3) is 0. The van der Waals surface area contributed by atoms with Crippen molar-refractivity contribution in [2.45, 2.75) is 0 Å². The van der Waals surface area contributed by atoms with Crippen LogP contribution >= 0.6 is 0 Å². The molecule has 0 unspecified atom stereocenters. The number of anilines is 1. The van der Waals surface area contributed by atoms with Crippen molar-refractivity contribution in [3.8, 4) is 5.69 Å². The van der Waals surface area contributed by atoms with E-state index in [9.17, 15) is 0 Å². The Balaban J connectivity index is 2.51. The standard InChI is InChI=1S/C6H6N6/c7-6-10-4-11-12(6)5-1-8-3-9-2-5/h1-4H,(H2,7,10,11). The van der Waals surface area contributed by atoms with Crippen molar-refractivity contribution in [2.75, 3.05) is 5.73 Å². The SMILES string of the molecule is Nc1ncnn1-c1cncnc1. The summed E-state index contributed by atoms with van der Waals surface area (Å²) in [6.45, 7) is 0. The molecule has 0 amide bonds. The average molecular weight is 162 g/mol. The maximum atomic E-state index is 5.51. The zero-order valence-electron chi connectivity index (χ0n) is 6.12. The Kier molecular flexibility index (Phi) is 1.44. The molecule has 0 radical (unpaired) electrons. The van der Waals surface area contributed by atoms with Gasteiger partial charge in [-0.15, -0.1) is 0 Å². The molecule has 0 atom stereocenters. The van der Waals surface area contributed by atoms with Gasteiger partial charge < -0.3 is 5.73 Å². The van der Waals surface area contributed by atoms with E-state index in [-0.39, 0.29) is 0 Å². The summed E-state index contributed by atoms with van der Waals surface area (Å²) in [7, 11) is 0. The quantitative estimate of drug-likeness (QED) is 0.619. The van der Waals surface area contributed by atoms with Gasteiger partial charge in [-0.2, -0.15) is 14.8 Å². The highest BCUT2D eigenvalue weighted by molar-refractivity contribution is 5.31. The number of nitrogens with two attached hydrogens (primary N) is 1. The van der Waals surface area contributed by atoms with Crippen molar-refractivity contribution >= 4 is 5.95 Å². The number of hydrogen-bond donors (Lipinski definition) is 1. The van der Waals surface area contributed by atoms with Crippen molar-refractivity contribution in [1.82, 2.24) is 24.7 Å². The van der Waals surface area contributed by atoms with Crippen LogP contribution in [0.4, 0.5) is 5.95 Å². The fourth-order valence-electron chi connectivity index (χ4n) is 0.850. The normalized spacial score (nSPS) is 10.0. The van der Waals surface area contributed by atoms with Crippen LogP contribution in [0.5, 0.6) is 0 Å². The third kappa shape index (κ3) is 0.986. The predicted molar refractivity (Wildman–Crippen MR) is 41.4 cm³/mol. The second kappa shape index (κ2) is 2.57. The fourth-order valence-corrected chi connectivity index (χ4v) is 0.850. The van der Waals surface area contributed by atoms with Gasteiger partial charge in [-0.1, -0.05) is 0 Å². The largest absolute Gasteiger partial charge is 0.368 e. The molecule has 6 nitrogen and oxygen atoms in total. The van der Waals surface area contributed by atoms with Gasteiger partial charge in [0.2, 0.25) is 5.95 Å². The van der Waals surface area contributed by atoms with E-state index in [2.05, 4.69) is 20.1 Å². The highest BCUT2D eigenvalue weighted by Crippen LogP contribution is 2.04. The van der Waals surface area contributed by atoms with Gasteiger partial charge in [0.05, 0.1) is 12.4 Å². The summed E-state index contributed by atoms with van der Waals surface area (Å²) in [5, 5.41) is 3.89. The van der Waals surface area contributed by atoms with E-state index in [4.69, 9.17) is 5.73 Å². The maximum absolute atomic E-state index is 5.51. The first kappa shape index (κ1) is 6.71. The molecule has 2 aromatic heterocycles. The van der Waals surface area contributed by atoms with E-state index in [1.165, 1.54) is 17.3 Å². The first-order valence-electron chi connectivity index (χ1n) is 3.29. The van der Waals surface area contributed by atoms with E-state index >= 15 is 0 Å². The lowest BCUT2D eigenvalue weighted by molar-refractivity contribution is 0.873. The molecule has 2 aromatic rings. The van der Waals surface area contributed by atoms with Gasteiger partial charge in [0.25, 0.3) is 0 Å². The predicted octanol–water partition coefficient (Wildman–Crippen LogP) is -0.361. The zero-order valence-corrected chi connectivity index (χ0v) is 6.12. The summed E-state index contributed by atoms with van der Waals surface area (Å²) in [5.41, 5.74) is 6.21. The van der Waals surface area contributed by atoms with Crippen LogP contribution in [-0.4, -0.2) is 24.7 Å². The van der Waals surface area contributed by atoms with Gasteiger partial charge in [0.1, 0.15) is 18.3 Å². The zero-order chi connectivity index (χ0) is 8.39. The molecule has 0 aromatic carbocycles. The molecule has 0 aliphatic heterocycles. The molecule has 0 saturated heterocycles. The summed E-state index contributed by atoms with van der Waals surface area (Å²) in [6, 6.07) is 0. The van der Waals surface area contributed by atoms with Crippen molar-refractivity contribution in [3.05, 3.63) is 25.0 Å². The third-order valence-electron chi connectivity index (χ3n) is 1.37. The Morgan fingerprint density at radius 3 is 2.50 bits per heavy atom. The van der Waals surface area contributed by atoms with Crippen LogP contribution < -0.4 is 5.73 Å². The summed E-state index contributed by atoms with van der Waals surface area (Å²) in [6.07, 6.45) is 6.04. The molecule has 6 heteroatoms. The van der Waals surface area contributed by atoms with Crippen LogP contribution in [0.15, 0.2) is 25.0 Å². The molecule has 0 spiro atoms. The highest BCUT2D eigenvalue weighted by Gasteiger charge is 2.00. The van der Waals surface area contributed by atoms with Gasteiger partial charge >= 0.3 is 0 Å². The Morgan fingerprint density at radius 1 is 1.17 bits per heavy atom. The van der Waals surface area contributed by atoms with E-state index < -0.39 is 0 Å². The van der Waals surface area contributed by atoms with Crippen LogP contribution in [-0.2, 0) is 0 Å². The molecule has 60 valence electrons. The summed E-state index contributed by atoms with van der Waals surface area (Å²) in [5.74, 6) is 0.324. The third-order valence-corrected chi connectivity index (χ3v) is 1.37. The molecule has 0 bridgehead atoms. The van der Waals surface area contributed by atoms with E-state index in [1.54, 1.807) is 12.4 Å². The number of aromatic nitrogens is 5. The van der Waals surface area contributed by atoms with Crippen LogP contribution in [0.3, 0.4) is 0 Å². The van der Waals surface area contributed by atoms with Gasteiger partial charge in [-0.25, -0.2) is 9.97 Å². The molecule has 12 heavy (non-hydrogen) atoms. The number of nitrogens with zero attached hydrogens (tertiary/aromatic N) is 5. The lowest BCUT2D eigenvalue weighted by Gasteiger charge is -1.98. The summed E-state index contributed by atoms with van der Waals surface area (Å²) < 4.78 is 1.46. The first-order valence-corrected chi connectivity index (χ1v) is 3.29. The number of rotatable bonds is 1. The van der Waals surface area contributed by atoms with Gasteiger partial charge in [-0.05, 0) is 0 Å². The molecular formula is C6H6N6. The summed E-state index contributed by atoms with van der Waals surface area (Å²) >= 11 is 0.